The number of carbonyl (C=O) groups excluding carboxylic acids is 1. The Bertz CT molecular complexity index is 390. The molecule has 2 N–H and O–H groups in total. The fourth-order valence-electron chi connectivity index (χ4n) is 2.28. The van der Waals surface area contributed by atoms with Gasteiger partial charge >= 0.3 is 5.97 Å². The van der Waals surface area contributed by atoms with Gasteiger partial charge in [-0.1, -0.05) is 17.7 Å². The van der Waals surface area contributed by atoms with Crippen molar-refractivity contribution in [3.63, 3.8) is 0 Å². The molecule has 0 unspecified atom stereocenters. The predicted molar refractivity (Wildman–Crippen MR) is 68.8 cm³/mol. The van der Waals surface area contributed by atoms with E-state index < -0.39 is 0 Å². The van der Waals surface area contributed by atoms with Gasteiger partial charge in [-0.2, -0.15) is 0 Å². The molecule has 0 saturated carbocycles. The summed E-state index contributed by atoms with van der Waals surface area (Å²) in [6.07, 6.45) is 0.235. The van der Waals surface area contributed by atoms with Gasteiger partial charge in [0, 0.05) is 6.04 Å². The van der Waals surface area contributed by atoms with Crippen LogP contribution in [0.15, 0.2) is 12.1 Å². The molecule has 0 radical (unpaired) electrons. The number of rotatable bonds is 4. The number of hydrogen-bond donors (Lipinski definition) is 1. The first-order valence-electron chi connectivity index (χ1n) is 5.94. The van der Waals surface area contributed by atoms with E-state index in [2.05, 4.69) is 19.1 Å². The van der Waals surface area contributed by atoms with Crippen LogP contribution in [0.25, 0.3) is 0 Å². The highest BCUT2D eigenvalue weighted by molar-refractivity contribution is 5.70. The summed E-state index contributed by atoms with van der Waals surface area (Å²) in [5.74, 6) is -0.237. The lowest BCUT2D eigenvalue weighted by Gasteiger charge is -2.17. The number of nitrogens with two attached hydrogens (primary N) is 1. The maximum atomic E-state index is 11.4. The second-order valence-corrected chi connectivity index (χ2v) is 4.43. The quantitative estimate of drug-likeness (QED) is 0.816. The maximum absolute atomic E-state index is 11.4. The maximum Gasteiger partial charge on any atom is 0.307 e. The molecule has 1 rings (SSSR count). The standard InChI is InChI=1S/C14H21NO2/c1-5-17-13(16)8-12(15)14-10(3)6-9(2)7-11(14)4/h6-7,12H,5,8,15H2,1-4H3/t12-/m0/s1. The van der Waals surface area contributed by atoms with Gasteiger partial charge in [-0.25, -0.2) is 0 Å². The van der Waals surface area contributed by atoms with E-state index >= 15 is 0 Å². The van der Waals surface area contributed by atoms with Crippen LogP contribution in [0.2, 0.25) is 0 Å². The first kappa shape index (κ1) is 13.7. The molecule has 0 aromatic heterocycles. The van der Waals surface area contributed by atoms with Gasteiger partial charge in [-0.15, -0.1) is 0 Å². The van der Waals surface area contributed by atoms with Gasteiger partial charge in [0.1, 0.15) is 0 Å². The molecule has 0 saturated heterocycles. The zero-order chi connectivity index (χ0) is 13.0. The van der Waals surface area contributed by atoms with E-state index in [1.54, 1.807) is 6.92 Å². The first-order chi connectivity index (χ1) is 7.95. The molecule has 0 aliphatic heterocycles. The van der Waals surface area contributed by atoms with E-state index in [-0.39, 0.29) is 18.4 Å². The molecule has 0 fully saturated rings. The van der Waals surface area contributed by atoms with Crippen LogP contribution in [0.5, 0.6) is 0 Å². The highest BCUT2D eigenvalue weighted by Gasteiger charge is 2.16. The minimum atomic E-state index is -0.283. The van der Waals surface area contributed by atoms with E-state index in [1.807, 2.05) is 13.8 Å². The minimum absolute atomic E-state index is 0.235. The normalized spacial score (nSPS) is 12.3. The Morgan fingerprint density at radius 2 is 1.82 bits per heavy atom. The largest absolute Gasteiger partial charge is 0.466 e. The molecule has 0 bridgehead atoms. The van der Waals surface area contributed by atoms with Gasteiger partial charge in [0.2, 0.25) is 0 Å². The topological polar surface area (TPSA) is 52.3 Å². The molecule has 0 amide bonds. The van der Waals surface area contributed by atoms with E-state index in [4.69, 9.17) is 10.5 Å². The monoisotopic (exact) mass is 235 g/mol. The summed E-state index contributed by atoms with van der Waals surface area (Å²) >= 11 is 0. The van der Waals surface area contributed by atoms with Gasteiger partial charge in [-0.05, 0) is 44.4 Å². The summed E-state index contributed by atoms with van der Waals surface area (Å²) in [5, 5.41) is 0. The molecule has 17 heavy (non-hydrogen) atoms. The average Bonchev–Trinajstić information content (AvgIpc) is 2.15. The Balaban J connectivity index is 2.89. The molecule has 3 heteroatoms. The molecule has 0 aliphatic carbocycles. The van der Waals surface area contributed by atoms with Crippen molar-refractivity contribution in [2.45, 2.75) is 40.2 Å². The Hall–Kier alpha value is -1.35. The summed E-state index contributed by atoms with van der Waals surface area (Å²) in [7, 11) is 0. The van der Waals surface area contributed by atoms with Crippen LogP contribution in [-0.2, 0) is 9.53 Å². The van der Waals surface area contributed by atoms with Crippen LogP contribution >= 0.6 is 0 Å². The number of aryl methyl sites for hydroxylation is 3. The molecule has 94 valence electrons. The van der Waals surface area contributed by atoms with Crippen molar-refractivity contribution in [2.75, 3.05) is 6.61 Å². The fourth-order valence-corrected chi connectivity index (χ4v) is 2.28. The van der Waals surface area contributed by atoms with Crippen LogP contribution < -0.4 is 5.73 Å². The summed E-state index contributed by atoms with van der Waals surface area (Å²) in [6.45, 7) is 8.31. The molecular formula is C14H21NO2. The average molecular weight is 235 g/mol. The number of esters is 1. The number of ether oxygens (including phenoxy) is 1. The SMILES string of the molecule is CCOC(=O)C[C@H](N)c1c(C)cc(C)cc1C. The highest BCUT2D eigenvalue weighted by Crippen LogP contribution is 2.24. The Labute approximate surface area is 103 Å². The Kier molecular flexibility index (Phi) is 4.70. The molecule has 1 atom stereocenters. The highest BCUT2D eigenvalue weighted by atomic mass is 16.5. The fraction of sp³-hybridized carbons (Fsp3) is 0.500. The third-order valence-corrected chi connectivity index (χ3v) is 2.80. The van der Waals surface area contributed by atoms with Crippen LogP contribution in [0.4, 0.5) is 0 Å². The zero-order valence-electron chi connectivity index (χ0n) is 11.0. The van der Waals surface area contributed by atoms with Gasteiger partial charge in [0.05, 0.1) is 13.0 Å². The third kappa shape index (κ3) is 3.56. The zero-order valence-corrected chi connectivity index (χ0v) is 11.0. The first-order valence-corrected chi connectivity index (χ1v) is 5.94. The predicted octanol–water partition coefficient (Wildman–Crippen LogP) is 2.56. The molecule has 0 spiro atoms. The second-order valence-electron chi connectivity index (χ2n) is 4.43. The van der Waals surface area contributed by atoms with Gasteiger partial charge in [-0.3, -0.25) is 4.79 Å². The minimum Gasteiger partial charge on any atom is -0.466 e. The van der Waals surface area contributed by atoms with Crippen molar-refractivity contribution in [3.8, 4) is 0 Å². The smallest absolute Gasteiger partial charge is 0.307 e. The molecule has 0 heterocycles. The molecule has 0 aliphatic rings. The number of hydrogen-bond acceptors (Lipinski definition) is 3. The Morgan fingerprint density at radius 3 is 2.29 bits per heavy atom. The van der Waals surface area contributed by atoms with Crippen molar-refractivity contribution in [1.29, 1.82) is 0 Å². The number of carbonyl (C=O) groups is 1. The van der Waals surface area contributed by atoms with Gasteiger partial charge < -0.3 is 10.5 Å². The van der Waals surface area contributed by atoms with E-state index in [0.717, 1.165) is 16.7 Å². The lowest BCUT2D eigenvalue weighted by Crippen LogP contribution is -2.19. The van der Waals surface area contributed by atoms with Crippen molar-refractivity contribution < 1.29 is 9.53 Å². The van der Waals surface area contributed by atoms with Crippen molar-refractivity contribution >= 4 is 5.97 Å². The van der Waals surface area contributed by atoms with E-state index in [9.17, 15) is 4.79 Å². The second kappa shape index (κ2) is 5.82. The van der Waals surface area contributed by atoms with E-state index in [1.165, 1.54) is 5.56 Å². The molecule has 1 aromatic carbocycles. The van der Waals surface area contributed by atoms with E-state index in [0.29, 0.717) is 6.61 Å². The lowest BCUT2D eigenvalue weighted by atomic mass is 9.93. The third-order valence-electron chi connectivity index (χ3n) is 2.80. The number of benzene rings is 1. The molecular weight excluding hydrogens is 214 g/mol. The molecule has 1 aromatic rings. The summed E-state index contributed by atoms with van der Waals surface area (Å²) in [4.78, 5) is 11.4. The summed E-state index contributed by atoms with van der Waals surface area (Å²) in [6, 6.07) is 3.90. The van der Waals surface area contributed by atoms with Crippen LogP contribution in [0.1, 0.15) is 41.6 Å². The van der Waals surface area contributed by atoms with Gasteiger partial charge in [0.15, 0.2) is 0 Å². The van der Waals surface area contributed by atoms with Crippen molar-refractivity contribution in [3.05, 3.63) is 34.4 Å². The molecule has 3 nitrogen and oxygen atoms in total. The van der Waals surface area contributed by atoms with Crippen LogP contribution in [0, 0.1) is 20.8 Å². The van der Waals surface area contributed by atoms with Gasteiger partial charge in [0.25, 0.3) is 0 Å². The van der Waals surface area contributed by atoms with Crippen LogP contribution in [0.3, 0.4) is 0 Å². The van der Waals surface area contributed by atoms with Crippen molar-refractivity contribution in [1.82, 2.24) is 0 Å². The summed E-state index contributed by atoms with van der Waals surface area (Å²) < 4.78 is 4.92. The Morgan fingerprint density at radius 1 is 1.29 bits per heavy atom. The summed E-state index contributed by atoms with van der Waals surface area (Å²) in [5.41, 5.74) is 10.6. The van der Waals surface area contributed by atoms with Crippen molar-refractivity contribution in [2.24, 2.45) is 5.73 Å². The lowest BCUT2D eigenvalue weighted by molar-refractivity contribution is -0.143. The van der Waals surface area contributed by atoms with Crippen LogP contribution in [-0.4, -0.2) is 12.6 Å².